The van der Waals surface area contributed by atoms with Crippen LogP contribution in [0.25, 0.3) is 0 Å². The van der Waals surface area contributed by atoms with E-state index in [4.69, 9.17) is 5.73 Å². The van der Waals surface area contributed by atoms with Crippen LogP contribution in [0.4, 0.5) is 4.39 Å². The fourth-order valence-corrected chi connectivity index (χ4v) is 2.60. The summed E-state index contributed by atoms with van der Waals surface area (Å²) in [6.45, 7) is 3.00. The molecule has 0 bridgehead atoms. The van der Waals surface area contributed by atoms with Crippen molar-refractivity contribution in [3.05, 3.63) is 35.6 Å². The lowest BCUT2D eigenvalue weighted by Crippen LogP contribution is -2.32. The van der Waals surface area contributed by atoms with Gasteiger partial charge in [-0.15, -0.1) is 0 Å². The van der Waals surface area contributed by atoms with Gasteiger partial charge in [-0.3, -0.25) is 4.90 Å². The van der Waals surface area contributed by atoms with Gasteiger partial charge in [-0.1, -0.05) is 12.1 Å². The minimum atomic E-state index is -0.168. The largest absolute Gasteiger partial charge is 0.324 e. The van der Waals surface area contributed by atoms with Crippen molar-refractivity contribution in [1.82, 2.24) is 4.90 Å². The lowest BCUT2D eigenvalue weighted by atomic mass is 10.2. The van der Waals surface area contributed by atoms with E-state index in [1.165, 1.54) is 24.1 Å². The zero-order valence-corrected chi connectivity index (χ0v) is 8.62. The highest BCUT2D eigenvalue weighted by Gasteiger charge is 2.56. The molecule has 1 aromatic rings. The molecule has 2 fully saturated rings. The quantitative estimate of drug-likeness (QED) is 0.791. The van der Waals surface area contributed by atoms with Gasteiger partial charge in [-0.05, 0) is 30.0 Å². The summed E-state index contributed by atoms with van der Waals surface area (Å²) in [5, 5.41) is 0. The maximum Gasteiger partial charge on any atom is 0.123 e. The van der Waals surface area contributed by atoms with Crippen LogP contribution in [0.3, 0.4) is 0 Å². The molecule has 1 saturated carbocycles. The second kappa shape index (κ2) is 3.03. The van der Waals surface area contributed by atoms with Crippen molar-refractivity contribution in [2.75, 3.05) is 13.1 Å². The first-order chi connectivity index (χ1) is 7.16. The molecule has 2 nitrogen and oxygen atoms in total. The van der Waals surface area contributed by atoms with E-state index in [2.05, 4.69) is 4.90 Å². The summed E-state index contributed by atoms with van der Waals surface area (Å²) >= 11 is 0. The Balaban J connectivity index is 1.64. The Labute approximate surface area is 88.9 Å². The summed E-state index contributed by atoms with van der Waals surface area (Å²) in [5.74, 6) is 0.538. The maximum atomic E-state index is 12.7. The van der Waals surface area contributed by atoms with E-state index < -0.39 is 0 Å². The number of benzene rings is 1. The summed E-state index contributed by atoms with van der Waals surface area (Å²) in [6, 6.07) is 6.74. The van der Waals surface area contributed by atoms with Gasteiger partial charge in [0.05, 0.1) is 0 Å². The van der Waals surface area contributed by atoms with E-state index in [1.54, 1.807) is 0 Å². The molecule has 0 aromatic heterocycles. The van der Waals surface area contributed by atoms with Crippen molar-refractivity contribution in [3.8, 4) is 0 Å². The number of halogens is 1. The zero-order valence-electron chi connectivity index (χ0n) is 8.62. The molecule has 0 unspecified atom stereocenters. The molecule has 1 aliphatic heterocycles. The fourth-order valence-electron chi connectivity index (χ4n) is 2.60. The molecule has 1 aromatic carbocycles. The predicted octanol–water partition coefficient (Wildman–Crippen LogP) is 1.36. The molecule has 0 radical (unpaired) electrons. The Bertz CT molecular complexity index is 376. The Hall–Kier alpha value is -0.930. The molecule has 3 rings (SSSR count). The third kappa shape index (κ3) is 1.66. The first-order valence-corrected chi connectivity index (χ1v) is 5.41. The maximum absolute atomic E-state index is 12.7. The summed E-state index contributed by atoms with van der Waals surface area (Å²) < 4.78 is 12.7. The van der Waals surface area contributed by atoms with Crippen LogP contribution in [0.2, 0.25) is 0 Å². The van der Waals surface area contributed by atoms with Crippen LogP contribution in [0.5, 0.6) is 0 Å². The summed E-state index contributed by atoms with van der Waals surface area (Å²) in [7, 11) is 0. The van der Waals surface area contributed by atoms with E-state index in [0.29, 0.717) is 5.92 Å². The van der Waals surface area contributed by atoms with Crippen LogP contribution in [0.1, 0.15) is 12.0 Å². The molecule has 0 amide bonds. The van der Waals surface area contributed by atoms with Gasteiger partial charge in [0.25, 0.3) is 0 Å². The van der Waals surface area contributed by atoms with E-state index in [0.717, 1.165) is 19.6 Å². The van der Waals surface area contributed by atoms with Crippen LogP contribution in [-0.4, -0.2) is 23.5 Å². The molecule has 0 spiro atoms. The highest BCUT2D eigenvalue weighted by Crippen LogP contribution is 2.47. The summed E-state index contributed by atoms with van der Waals surface area (Å²) in [6.07, 6.45) is 1.19. The molecule has 80 valence electrons. The van der Waals surface area contributed by atoms with Gasteiger partial charge in [0.1, 0.15) is 5.82 Å². The number of nitrogens with zero attached hydrogens (tertiary/aromatic N) is 1. The van der Waals surface area contributed by atoms with Crippen molar-refractivity contribution in [2.24, 2.45) is 11.7 Å². The Morgan fingerprint density at radius 1 is 1.40 bits per heavy atom. The fraction of sp³-hybridized carbons (Fsp3) is 0.500. The van der Waals surface area contributed by atoms with Crippen molar-refractivity contribution in [3.63, 3.8) is 0 Å². The van der Waals surface area contributed by atoms with Crippen LogP contribution in [-0.2, 0) is 6.54 Å². The first kappa shape index (κ1) is 9.31. The van der Waals surface area contributed by atoms with Gasteiger partial charge in [-0.2, -0.15) is 0 Å². The zero-order chi connectivity index (χ0) is 10.5. The molecule has 1 aliphatic carbocycles. The molecule has 15 heavy (non-hydrogen) atoms. The number of fused-ring (bicyclic) bond motifs is 1. The minimum Gasteiger partial charge on any atom is -0.324 e. The second-order valence-electron chi connectivity index (χ2n) is 4.93. The molecule has 1 saturated heterocycles. The van der Waals surface area contributed by atoms with Crippen molar-refractivity contribution < 1.29 is 4.39 Å². The smallest absolute Gasteiger partial charge is 0.123 e. The van der Waals surface area contributed by atoms with Crippen molar-refractivity contribution in [1.29, 1.82) is 0 Å². The van der Waals surface area contributed by atoms with E-state index in [1.807, 2.05) is 12.1 Å². The lowest BCUT2D eigenvalue weighted by molar-refractivity contribution is 0.290. The molecule has 2 N–H and O–H groups in total. The predicted molar refractivity (Wildman–Crippen MR) is 56.7 cm³/mol. The van der Waals surface area contributed by atoms with Crippen molar-refractivity contribution in [2.45, 2.75) is 18.5 Å². The normalized spacial score (nSPS) is 34.1. The third-order valence-electron chi connectivity index (χ3n) is 3.60. The molecule has 2 aliphatic rings. The number of hydrogen-bond donors (Lipinski definition) is 1. The summed E-state index contributed by atoms with van der Waals surface area (Å²) in [4.78, 5) is 2.36. The Kier molecular flexibility index (Phi) is 1.88. The summed E-state index contributed by atoms with van der Waals surface area (Å²) in [5.41, 5.74) is 7.40. The van der Waals surface area contributed by atoms with Gasteiger partial charge in [-0.25, -0.2) is 4.39 Å². The highest BCUT2D eigenvalue weighted by molar-refractivity contribution is 5.19. The molecule has 2 atom stereocenters. The van der Waals surface area contributed by atoms with Crippen LogP contribution >= 0.6 is 0 Å². The van der Waals surface area contributed by atoms with Gasteiger partial charge in [0, 0.05) is 25.2 Å². The van der Waals surface area contributed by atoms with E-state index >= 15 is 0 Å². The Morgan fingerprint density at radius 2 is 2.13 bits per heavy atom. The number of nitrogens with two attached hydrogens (primary N) is 1. The second-order valence-corrected chi connectivity index (χ2v) is 4.93. The first-order valence-electron chi connectivity index (χ1n) is 5.41. The lowest BCUT2D eigenvalue weighted by Gasteiger charge is -2.18. The topological polar surface area (TPSA) is 29.3 Å². The van der Waals surface area contributed by atoms with E-state index in [-0.39, 0.29) is 11.4 Å². The standard InChI is InChI=1S/C12H15FN2/c13-11-3-1-9(2-4-11)6-15-7-10-5-12(10,14)8-15/h1-4,10H,5-8,14H2/t10-,12+/m0/s1. The van der Waals surface area contributed by atoms with Crippen LogP contribution in [0.15, 0.2) is 24.3 Å². The minimum absolute atomic E-state index is 0.111. The van der Waals surface area contributed by atoms with Gasteiger partial charge >= 0.3 is 0 Å². The Morgan fingerprint density at radius 3 is 2.73 bits per heavy atom. The number of rotatable bonds is 2. The number of likely N-dealkylation sites (tertiary alicyclic amines) is 1. The van der Waals surface area contributed by atoms with Crippen LogP contribution < -0.4 is 5.73 Å². The highest BCUT2D eigenvalue weighted by atomic mass is 19.1. The molecule has 3 heteroatoms. The van der Waals surface area contributed by atoms with Crippen molar-refractivity contribution >= 4 is 0 Å². The van der Waals surface area contributed by atoms with Gasteiger partial charge < -0.3 is 5.73 Å². The monoisotopic (exact) mass is 206 g/mol. The van der Waals surface area contributed by atoms with Gasteiger partial charge in [0.2, 0.25) is 0 Å². The molecular weight excluding hydrogens is 191 g/mol. The van der Waals surface area contributed by atoms with Crippen LogP contribution in [0, 0.1) is 11.7 Å². The SMILES string of the molecule is N[C@@]12C[C@H]1CN(Cc1ccc(F)cc1)C2. The molecular formula is C12H15FN2. The number of hydrogen-bond acceptors (Lipinski definition) is 2. The number of piperidine rings is 1. The average molecular weight is 206 g/mol. The third-order valence-corrected chi connectivity index (χ3v) is 3.60. The average Bonchev–Trinajstić information content (AvgIpc) is 2.70. The molecule has 1 heterocycles. The van der Waals surface area contributed by atoms with E-state index in [9.17, 15) is 4.39 Å². The van der Waals surface area contributed by atoms with Gasteiger partial charge in [0.15, 0.2) is 0 Å².